The number of amides is 1. The Bertz CT molecular complexity index is 980. The van der Waals surface area contributed by atoms with E-state index in [9.17, 15) is 4.79 Å². The van der Waals surface area contributed by atoms with Crippen molar-refractivity contribution >= 4 is 29.4 Å². The highest BCUT2D eigenvalue weighted by Gasteiger charge is 2.23. The SMILES string of the molecule is Cc1noc(C)c1CSc1ccccc1C(=O)NC1CCSc2ccccc21. The molecule has 1 N–H and O–H groups in total. The van der Waals surface area contributed by atoms with Gasteiger partial charge in [0.2, 0.25) is 0 Å². The highest BCUT2D eigenvalue weighted by molar-refractivity contribution is 7.99. The van der Waals surface area contributed by atoms with Gasteiger partial charge in [-0.25, -0.2) is 0 Å². The van der Waals surface area contributed by atoms with Gasteiger partial charge in [0, 0.05) is 26.9 Å². The standard InChI is InChI=1S/C22H22N2O2S2/c1-14-18(15(2)26-24-14)13-28-21-10-6-4-8-17(21)22(25)23-19-11-12-27-20-9-5-3-7-16(19)20/h3-10,19H,11-13H2,1-2H3,(H,23,25). The van der Waals surface area contributed by atoms with E-state index in [-0.39, 0.29) is 11.9 Å². The Balaban J connectivity index is 1.51. The molecule has 0 radical (unpaired) electrons. The fourth-order valence-electron chi connectivity index (χ4n) is 3.37. The fraction of sp³-hybridized carbons (Fsp3) is 0.273. The zero-order valence-corrected chi connectivity index (χ0v) is 17.5. The van der Waals surface area contributed by atoms with Gasteiger partial charge in [-0.05, 0) is 44.0 Å². The van der Waals surface area contributed by atoms with Gasteiger partial charge in [-0.2, -0.15) is 0 Å². The molecule has 1 aliphatic heterocycles. The molecule has 0 fully saturated rings. The van der Waals surface area contributed by atoms with Gasteiger partial charge in [0.1, 0.15) is 5.76 Å². The van der Waals surface area contributed by atoms with Crippen molar-refractivity contribution in [3.8, 4) is 0 Å². The van der Waals surface area contributed by atoms with E-state index < -0.39 is 0 Å². The van der Waals surface area contributed by atoms with Crippen LogP contribution in [0.25, 0.3) is 0 Å². The number of hydrogen-bond acceptors (Lipinski definition) is 5. The number of carbonyl (C=O) groups is 1. The third-order valence-electron chi connectivity index (χ3n) is 4.95. The molecule has 0 saturated heterocycles. The summed E-state index contributed by atoms with van der Waals surface area (Å²) in [6, 6.07) is 16.2. The zero-order chi connectivity index (χ0) is 19.5. The van der Waals surface area contributed by atoms with E-state index in [1.54, 1.807) is 11.8 Å². The lowest BCUT2D eigenvalue weighted by Gasteiger charge is -2.26. The van der Waals surface area contributed by atoms with Crippen molar-refractivity contribution < 1.29 is 9.32 Å². The lowest BCUT2D eigenvalue weighted by atomic mass is 10.0. The van der Waals surface area contributed by atoms with Crippen molar-refractivity contribution in [1.82, 2.24) is 10.5 Å². The lowest BCUT2D eigenvalue weighted by molar-refractivity contribution is 0.0932. The van der Waals surface area contributed by atoms with E-state index in [1.807, 2.05) is 55.9 Å². The number of aryl methyl sites for hydroxylation is 2. The van der Waals surface area contributed by atoms with E-state index in [1.165, 1.54) is 10.5 Å². The Labute approximate surface area is 173 Å². The van der Waals surface area contributed by atoms with Crippen LogP contribution in [0.1, 0.15) is 45.4 Å². The van der Waals surface area contributed by atoms with Crippen LogP contribution in [0.4, 0.5) is 0 Å². The summed E-state index contributed by atoms with van der Waals surface area (Å²) >= 11 is 3.50. The molecule has 1 unspecified atom stereocenters. The average molecular weight is 411 g/mol. The van der Waals surface area contributed by atoms with Crippen molar-refractivity contribution in [1.29, 1.82) is 0 Å². The molecule has 28 heavy (non-hydrogen) atoms. The lowest BCUT2D eigenvalue weighted by Crippen LogP contribution is -2.31. The van der Waals surface area contributed by atoms with Crippen molar-refractivity contribution in [2.24, 2.45) is 0 Å². The number of thioether (sulfide) groups is 2. The summed E-state index contributed by atoms with van der Waals surface area (Å²) in [5.41, 5.74) is 3.93. The fourth-order valence-corrected chi connectivity index (χ4v) is 5.69. The molecule has 4 rings (SSSR count). The highest BCUT2D eigenvalue weighted by Crippen LogP contribution is 2.36. The molecule has 0 bridgehead atoms. The molecule has 144 valence electrons. The maximum Gasteiger partial charge on any atom is 0.252 e. The van der Waals surface area contributed by atoms with Crippen molar-refractivity contribution in [3.63, 3.8) is 0 Å². The van der Waals surface area contributed by atoms with Crippen LogP contribution < -0.4 is 5.32 Å². The van der Waals surface area contributed by atoms with E-state index in [0.717, 1.165) is 45.4 Å². The highest BCUT2D eigenvalue weighted by atomic mass is 32.2. The minimum atomic E-state index is -0.0198. The molecule has 6 heteroatoms. The molecule has 2 aromatic carbocycles. The molecule has 4 nitrogen and oxygen atoms in total. The molecule has 0 spiro atoms. The normalized spacial score (nSPS) is 15.9. The summed E-state index contributed by atoms with van der Waals surface area (Å²) in [4.78, 5) is 15.3. The first-order valence-corrected chi connectivity index (χ1v) is 11.3. The largest absolute Gasteiger partial charge is 0.361 e. The molecule has 1 atom stereocenters. The number of rotatable bonds is 5. The maximum atomic E-state index is 13.1. The molecule has 1 aromatic heterocycles. The first-order valence-electron chi connectivity index (χ1n) is 9.29. The van der Waals surface area contributed by atoms with E-state index >= 15 is 0 Å². The molecule has 0 aliphatic carbocycles. The quantitative estimate of drug-likeness (QED) is 0.559. The zero-order valence-electron chi connectivity index (χ0n) is 15.9. The van der Waals surface area contributed by atoms with Gasteiger partial charge in [0.05, 0.1) is 17.3 Å². The van der Waals surface area contributed by atoms with Crippen LogP contribution in [-0.4, -0.2) is 16.8 Å². The van der Waals surface area contributed by atoms with Gasteiger partial charge in [0.25, 0.3) is 5.91 Å². The third-order valence-corrected chi connectivity index (χ3v) is 7.17. The average Bonchev–Trinajstić information content (AvgIpc) is 3.04. The summed E-state index contributed by atoms with van der Waals surface area (Å²) in [5.74, 6) is 2.57. The van der Waals surface area contributed by atoms with E-state index in [4.69, 9.17) is 4.52 Å². The Kier molecular flexibility index (Phi) is 5.78. The monoisotopic (exact) mass is 410 g/mol. The molecule has 0 saturated carbocycles. The second-order valence-electron chi connectivity index (χ2n) is 6.79. The first-order chi connectivity index (χ1) is 13.6. The van der Waals surface area contributed by atoms with E-state index in [0.29, 0.717) is 0 Å². The summed E-state index contributed by atoms with van der Waals surface area (Å²) in [5, 5.41) is 7.27. The van der Waals surface area contributed by atoms with Gasteiger partial charge >= 0.3 is 0 Å². The first kappa shape index (κ1) is 19.2. The van der Waals surface area contributed by atoms with Crippen LogP contribution in [0, 0.1) is 13.8 Å². The van der Waals surface area contributed by atoms with Gasteiger partial charge in [0.15, 0.2) is 0 Å². The van der Waals surface area contributed by atoms with E-state index in [2.05, 4.69) is 28.7 Å². The molecular weight excluding hydrogens is 388 g/mol. The smallest absolute Gasteiger partial charge is 0.252 e. The predicted octanol–water partition coefficient (Wildman–Crippen LogP) is 5.55. The number of benzene rings is 2. The van der Waals surface area contributed by atoms with Gasteiger partial charge in [-0.15, -0.1) is 23.5 Å². The van der Waals surface area contributed by atoms with Crippen LogP contribution in [0.5, 0.6) is 0 Å². The number of carbonyl (C=O) groups excluding carboxylic acids is 1. The Morgan fingerprint density at radius 1 is 1.21 bits per heavy atom. The third kappa shape index (κ3) is 3.98. The van der Waals surface area contributed by atoms with Crippen LogP contribution in [0.3, 0.4) is 0 Å². The molecule has 3 aromatic rings. The van der Waals surface area contributed by atoms with Gasteiger partial charge in [-0.3, -0.25) is 4.79 Å². The van der Waals surface area contributed by atoms with Crippen LogP contribution in [-0.2, 0) is 5.75 Å². The summed E-state index contributed by atoms with van der Waals surface area (Å²) in [7, 11) is 0. The van der Waals surface area contributed by atoms with Gasteiger partial charge in [-0.1, -0.05) is 35.5 Å². The molecule has 1 amide bonds. The van der Waals surface area contributed by atoms with Crippen molar-refractivity contribution in [2.45, 2.75) is 41.9 Å². The minimum Gasteiger partial charge on any atom is -0.361 e. The van der Waals surface area contributed by atoms with Crippen molar-refractivity contribution in [2.75, 3.05) is 5.75 Å². The van der Waals surface area contributed by atoms with Crippen LogP contribution >= 0.6 is 23.5 Å². The number of nitrogens with one attached hydrogen (secondary N) is 1. The Morgan fingerprint density at radius 2 is 2.00 bits per heavy atom. The number of aromatic nitrogens is 1. The topological polar surface area (TPSA) is 55.1 Å². The molecule has 2 heterocycles. The number of nitrogens with zero attached hydrogens (tertiary/aromatic N) is 1. The number of hydrogen-bond donors (Lipinski definition) is 1. The predicted molar refractivity (Wildman–Crippen MR) is 114 cm³/mol. The van der Waals surface area contributed by atoms with Crippen LogP contribution in [0.2, 0.25) is 0 Å². The number of fused-ring (bicyclic) bond motifs is 1. The summed E-state index contributed by atoms with van der Waals surface area (Å²) in [6.07, 6.45) is 0.946. The Hall–Kier alpha value is -2.18. The van der Waals surface area contributed by atoms with Gasteiger partial charge < -0.3 is 9.84 Å². The second-order valence-corrected chi connectivity index (χ2v) is 8.94. The summed E-state index contributed by atoms with van der Waals surface area (Å²) < 4.78 is 5.25. The maximum absolute atomic E-state index is 13.1. The van der Waals surface area contributed by atoms with Crippen molar-refractivity contribution in [3.05, 3.63) is 76.7 Å². The summed E-state index contributed by atoms with van der Waals surface area (Å²) in [6.45, 7) is 3.87. The molecule has 1 aliphatic rings. The molecular formula is C22H22N2O2S2. The van der Waals surface area contributed by atoms with Crippen LogP contribution in [0.15, 0.2) is 62.8 Å². The minimum absolute atomic E-state index is 0.0198. The second kappa shape index (κ2) is 8.45. The Morgan fingerprint density at radius 3 is 2.82 bits per heavy atom.